The van der Waals surface area contributed by atoms with Crippen LogP contribution < -0.4 is 10.7 Å². The SMILES string of the molecule is S=C(N/N=C/C1=C(Cl)c2cc(Cl)cc(Cl)c2SC1)Nc1cc(Cl)ccc1Cl. The maximum absolute atomic E-state index is 6.49. The van der Waals surface area contributed by atoms with Crippen LogP contribution in [0, 0.1) is 0 Å². The first-order valence-electron chi connectivity index (χ1n) is 7.41. The zero-order chi connectivity index (χ0) is 19.6. The number of thiocarbonyl (C=S) groups is 1. The monoisotopic (exact) mass is 495 g/mol. The first-order valence-corrected chi connectivity index (χ1v) is 10.7. The standard InChI is InChI=1S/C17H10Cl5N3S2/c18-9-1-2-12(20)14(5-9)24-17(26)25-23-6-8-7-27-16-11(15(8)22)3-10(19)4-13(16)21/h1-6H,7H2,(H2,24,25,26)/b23-6+. The molecule has 0 aliphatic carbocycles. The summed E-state index contributed by atoms with van der Waals surface area (Å²) in [6.07, 6.45) is 1.61. The maximum Gasteiger partial charge on any atom is 0.191 e. The highest BCUT2D eigenvalue weighted by Crippen LogP contribution is 2.43. The van der Waals surface area contributed by atoms with E-state index in [1.165, 1.54) is 0 Å². The number of nitrogens with zero attached hydrogens (tertiary/aromatic N) is 1. The lowest BCUT2D eigenvalue weighted by molar-refractivity contribution is 1.05. The predicted octanol–water partition coefficient (Wildman–Crippen LogP) is 7.33. The van der Waals surface area contributed by atoms with Gasteiger partial charge in [0, 0.05) is 31.8 Å². The molecule has 2 N–H and O–H groups in total. The Bertz CT molecular complexity index is 975. The highest BCUT2D eigenvalue weighted by atomic mass is 35.5. The molecule has 0 saturated carbocycles. The molecule has 2 aromatic carbocycles. The summed E-state index contributed by atoms with van der Waals surface area (Å²) in [4.78, 5) is 0.906. The molecular formula is C17H10Cl5N3S2. The summed E-state index contributed by atoms with van der Waals surface area (Å²) < 4.78 is 0. The number of nitrogens with one attached hydrogen (secondary N) is 2. The molecule has 0 aromatic heterocycles. The van der Waals surface area contributed by atoms with Crippen molar-refractivity contribution in [2.75, 3.05) is 11.1 Å². The molecule has 140 valence electrons. The molecule has 0 atom stereocenters. The Labute approximate surface area is 191 Å². The Morgan fingerprint density at radius 3 is 2.59 bits per heavy atom. The number of fused-ring (bicyclic) bond motifs is 1. The summed E-state index contributed by atoms with van der Waals surface area (Å²) in [5.74, 6) is 0.624. The van der Waals surface area contributed by atoms with Gasteiger partial charge in [0.1, 0.15) is 0 Å². The summed E-state index contributed by atoms with van der Waals surface area (Å²) in [5, 5.41) is 10.0. The fourth-order valence-corrected chi connectivity index (χ4v) is 4.85. The normalized spacial score (nSPS) is 13.7. The fourth-order valence-electron chi connectivity index (χ4n) is 2.26. The van der Waals surface area contributed by atoms with E-state index in [2.05, 4.69) is 15.8 Å². The maximum atomic E-state index is 6.49. The number of rotatable bonds is 3. The molecule has 0 radical (unpaired) electrons. The fraction of sp³-hybridized carbons (Fsp3) is 0.0588. The van der Waals surface area contributed by atoms with Gasteiger partial charge in [0.25, 0.3) is 0 Å². The molecule has 2 aromatic rings. The number of thioether (sulfide) groups is 1. The average molecular weight is 498 g/mol. The molecule has 1 aliphatic rings. The van der Waals surface area contributed by atoms with Crippen molar-refractivity contribution in [3.63, 3.8) is 0 Å². The zero-order valence-electron chi connectivity index (χ0n) is 13.3. The molecular weight excluding hydrogens is 488 g/mol. The molecule has 0 fully saturated rings. The number of hydrogen-bond acceptors (Lipinski definition) is 3. The van der Waals surface area contributed by atoms with Crippen LogP contribution in [0.1, 0.15) is 5.56 Å². The van der Waals surface area contributed by atoms with Crippen LogP contribution in [0.5, 0.6) is 0 Å². The number of halogens is 5. The lowest BCUT2D eigenvalue weighted by Crippen LogP contribution is -2.24. The summed E-state index contributed by atoms with van der Waals surface area (Å²) in [6, 6.07) is 8.52. The number of hydrazone groups is 1. The Morgan fingerprint density at radius 1 is 1.04 bits per heavy atom. The van der Waals surface area contributed by atoms with E-state index in [1.54, 1.807) is 48.3 Å². The summed E-state index contributed by atoms with van der Waals surface area (Å²) in [6.45, 7) is 0. The second-order valence-corrected chi connectivity index (χ2v) is 8.80. The quantitative estimate of drug-likeness (QED) is 0.264. The molecule has 27 heavy (non-hydrogen) atoms. The van der Waals surface area contributed by atoms with Crippen LogP contribution >= 0.6 is 82.0 Å². The minimum atomic E-state index is 0.266. The third-order valence-electron chi connectivity index (χ3n) is 3.46. The highest BCUT2D eigenvalue weighted by Gasteiger charge is 2.20. The Kier molecular flexibility index (Phi) is 7.20. The molecule has 0 amide bonds. The number of hydrogen-bond donors (Lipinski definition) is 2. The first kappa shape index (κ1) is 21.1. The van der Waals surface area contributed by atoms with Crippen LogP contribution in [0.15, 0.2) is 45.9 Å². The van der Waals surface area contributed by atoms with Crippen LogP contribution in [0.2, 0.25) is 20.1 Å². The van der Waals surface area contributed by atoms with Crippen molar-refractivity contribution in [3.8, 4) is 0 Å². The van der Waals surface area contributed by atoms with Crippen LogP contribution in [-0.2, 0) is 0 Å². The van der Waals surface area contributed by atoms with E-state index in [9.17, 15) is 0 Å². The minimum Gasteiger partial charge on any atom is -0.330 e. The van der Waals surface area contributed by atoms with Crippen molar-refractivity contribution >= 4 is 104 Å². The summed E-state index contributed by atoms with van der Waals surface area (Å²) >= 11 is 37.6. The Morgan fingerprint density at radius 2 is 1.81 bits per heavy atom. The van der Waals surface area contributed by atoms with Crippen molar-refractivity contribution in [1.29, 1.82) is 0 Å². The average Bonchev–Trinajstić information content (AvgIpc) is 2.60. The molecule has 10 heteroatoms. The van der Waals surface area contributed by atoms with Crippen LogP contribution in [-0.4, -0.2) is 17.1 Å². The van der Waals surface area contributed by atoms with Gasteiger partial charge >= 0.3 is 0 Å². The van der Waals surface area contributed by atoms with Gasteiger partial charge in [0.15, 0.2) is 5.11 Å². The lowest BCUT2D eigenvalue weighted by Gasteiger charge is -2.18. The third kappa shape index (κ3) is 5.24. The van der Waals surface area contributed by atoms with Gasteiger partial charge in [-0.15, -0.1) is 11.8 Å². The van der Waals surface area contributed by atoms with Crippen molar-refractivity contribution in [3.05, 3.63) is 61.6 Å². The van der Waals surface area contributed by atoms with E-state index in [0.717, 1.165) is 16.0 Å². The molecule has 0 bridgehead atoms. The van der Waals surface area contributed by atoms with Crippen LogP contribution in [0.25, 0.3) is 5.03 Å². The van der Waals surface area contributed by atoms with Gasteiger partial charge in [-0.25, -0.2) is 0 Å². The van der Waals surface area contributed by atoms with E-state index >= 15 is 0 Å². The topological polar surface area (TPSA) is 36.4 Å². The highest BCUT2D eigenvalue weighted by molar-refractivity contribution is 7.99. The second-order valence-electron chi connectivity index (χ2n) is 5.34. The summed E-state index contributed by atoms with van der Waals surface area (Å²) in [7, 11) is 0. The molecule has 3 nitrogen and oxygen atoms in total. The van der Waals surface area contributed by atoms with E-state index < -0.39 is 0 Å². The molecule has 0 unspecified atom stereocenters. The van der Waals surface area contributed by atoms with Gasteiger partial charge in [-0.3, -0.25) is 5.43 Å². The van der Waals surface area contributed by atoms with Gasteiger partial charge in [-0.1, -0.05) is 58.0 Å². The van der Waals surface area contributed by atoms with E-state index in [0.29, 0.717) is 36.6 Å². The molecule has 1 aliphatic heterocycles. The molecule has 1 heterocycles. The first-order chi connectivity index (χ1) is 12.8. The Hall–Kier alpha value is -0.660. The van der Waals surface area contributed by atoms with Crippen molar-refractivity contribution in [1.82, 2.24) is 5.43 Å². The van der Waals surface area contributed by atoms with Crippen molar-refractivity contribution < 1.29 is 0 Å². The predicted molar refractivity (Wildman–Crippen MR) is 124 cm³/mol. The molecule has 0 spiro atoms. The van der Waals surface area contributed by atoms with Gasteiger partial charge in [-0.2, -0.15) is 5.10 Å². The van der Waals surface area contributed by atoms with E-state index in [-0.39, 0.29) is 5.11 Å². The van der Waals surface area contributed by atoms with Crippen molar-refractivity contribution in [2.24, 2.45) is 5.10 Å². The van der Waals surface area contributed by atoms with Gasteiger partial charge < -0.3 is 5.32 Å². The zero-order valence-corrected chi connectivity index (χ0v) is 18.7. The van der Waals surface area contributed by atoms with Crippen LogP contribution in [0.4, 0.5) is 5.69 Å². The van der Waals surface area contributed by atoms with E-state index in [1.807, 2.05) is 0 Å². The third-order valence-corrected chi connectivity index (χ3v) is 6.48. The van der Waals surface area contributed by atoms with E-state index in [4.69, 9.17) is 70.2 Å². The lowest BCUT2D eigenvalue weighted by atomic mass is 10.1. The largest absolute Gasteiger partial charge is 0.330 e. The molecule has 0 saturated heterocycles. The van der Waals surface area contributed by atoms with Gasteiger partial charge in [0.05, 0.1) is 27.0 Å². The number of anilines is 1. The van der Waals surface area contributed by atoms with Crippen molar-refractivity contribution in [2.45, 2.75) is 4.90 Å². The van der Waals surface area contributed by atoms with Crippen LogP contribution in [0.3, 0.4) is 0 Å². The Balaban J connectivity index is 1.70. The van der Waals surface area contributed by atoms with Gasteiger partial charge in [-0.05, 0) is 42.5 Å². The smallest absolute Gasteiger partial charge is 0.191 e. The van der Waals surface area contributed by atoms with Gasteiger partial charge in [0.2, 0.25) is 0 Å². The second kappa shape index (κ2) is 9.23. The summed E-state index contributed by atoms with van der Waals surface area (Å²) in [5.41, 5.74) is 4.92. The molecule has 3 rings (SSSR count). The number of benzene rings is 2. The minimum absolute atomic E-state index is 0.266.